The number of aliphatic hydroxyl groups excluding tert-OH is 1. The van der Waals surface area contributed by atoms with E-state index in [4.69, 9.17) is 9.47 Å². The summed E-state index contributed by atoms with van der Waals surface area (Å²) in [7, 11) is 1.48. The standard InChI is InChI=1S/C23H30O4/c1-6-12-23(26-5,16-10-8-7-9-11-16)21(25)27-19-14-17-13-18(22(17,3)4)20(19)15(2)24/h7-11,15,17-20,24H,13-14H2,1-5H3/t15-,17+,18-,19-,20-,23-/m0/s1. The van der Waals surface area contributed by atoms with Gasteiger partial charge in [0.2, 0.25) is 0 Å². The van der Waals surface area contributed by atoms with Gasteiger partial charge in [0.1, 0.15) is 6.10 Å². The first kappa shape index (κ1) is 19.9. The maximum atomic E-state index is 13.3. The Morgan fingerprint density at radius 1 is 1.30 bits per heavy atom. The Labute approximate surface area is 162 Å². The fourth-order valence-electron chi connectivity index (χ4n) is 5.14. The molecule has 0 spiro atoms. The number of rotatable bonds is 5. The van der Waals surface area contributed by atoms with E-state index in [-0.39, 0.29) is 17.4 Å². The Kier molecular flexibility index (Phi) is 5.38. The molecule has 0 amide bonds. The van der Waals surface area contributed by atoms with Crippen molar-refractivity contribution in [1.82, 2.24) is 0 Å². The predicted molar refractivity (Wildman–Crippen MR) is 104 cm³/mol. The van der Waals surface area contributed by atoms with Crippen molar-refractivity contribution in [3.8, 4) is 11.8 Å². The van der Waals surface area contributed by atoms with Crippen LogP contribution in [0.1, 0.15) is 46.1 Å². The van der Waals surface area contributed by atoms with Gasteiger partial charge in [0.15, 0.2) is 0 Å². The lowest BCUT2D eigenvalue weighted by Gasteiger charge is -2.62. The highest BCUT2D eigenvalue weighted by Crippen LogP contribution is 2.62. The minimum atomic E-state index is -1.45. The van der Waals surface area contributed by atoms with Crippen LogP contribution in [0.25, 0.3) is 0 Å². The van der Waals surface area contributed by atoms with Crippen LogP contribution in [0.2, 0.25) is 0 Å². The summed E-state index contributed by atoms with van der Waals surface area (Å²) in [6, 6.07) is 9.23. The van der Waals surface area contributed by atoms with Gasteiger partial charge in [0, 0.05) is 18.6 Å². The summed E-state index contributed by atoms with van der Waals surface area (Å²) in [5.41, 5.74) is -0.608. The monoisotopic (exact) mass is 370 g/mol. The fourth-order valence-corrected chi connectivity index (χ4v) is 5.14. The molecular formula is C23H30O4. The Balaban J connectivity index is 1.89. The lowest BCUT2D eigenvalue weighted by Crippen LogP contribution is -2.61. The molecule has 0 unspecified atom stereocenters. The van der Waals surface area contributed by atoms with Crippen molar-refractivity contribution in [3.05, 3.63) is 35.9 Å². The summed E-state index contributed by atoms with van der Waals surface area (Å²) in [6.45, 7) is 7.99. The second-order valence-corrected chi connectivity index (χ2v) is 8.48. The van der Waals surface area contributed by atoms with Gasteiger partial charge < -0.3 is 14.6 Å². The quantitative estimate of drug-likeness (QED) is 0.636. The molecule has 0 saturated heterocycles. The SMILES string of the molecule is CC#C[C@@](OC)(C(=O)O[C@H]1C[C@H]2C[C@@H]([C@@H]1[C@H](C)O)C2(C)C)c1ccccc1. The number of methoxy groups -OCH3 is 1. The second-order valence-electron chi connectivity index (χ2n) is 8.48. The predicted octanol–water partition coefficient (Wildman–Crippen LogP) is 3.53. The van der Waals surface area contributed by atoms with Crippen LogP contribution in [0.15, 0.2) is 30.3 Å². The summed E-state index contributed by atoms with van der Waals surface area (Å²) in [5, 5.41) is 10.4. The molecule has 0 radical (unpaired) electrons. The summed E-state index contributed by atoms with van der Waals surface area (Å²) in [6.07, 6.45) is 1.03. The molecule has 0 aromatic heterocycles. The topological polar surface area (TPSA) is 55.8 Å². The van der Waals surface area contributed by atoms with Gasteiger partial charge in [0.05, 0.1) is 6.10 Å². The molecule has 2 bridgehead atoms. The van der Waals surface area contributed by atoms with Crippen LogP contribution in [-0.2, 0) is 19.9 Å². The Bertz CT molecular complexity index is 743. The number of ether oxygens (including phenoxy) is 2. The molecule has 3 aliphatic rings. The van der Waals surface area contributed by atoms with Crippen LogP contribution in [0.5, 0.6) is 0 Å². The van der Waals surface area contributed by atoms with Gasteiger partial charge in [-0.15, -0.1) is 5.92 Å². The molecule has 3 aliphatic carbocycles. The van der Waals surface area contributed by atoms with Crippen molar-refractivity contribution in [2.45, 2.75) is 58.3 Å². The minimum Gasteiger partial charge on any atom is -0.459 e. The maximum Gasteiger partial charge on any atom is 0.356 e. The molecule has 1 aromatic rings. The molecule has 146 valence electrons. The molecule has 0 heterocycles. The molecule has 3 fully saturated rings. The van der Waals surface area contributed by atoms with E-state index >= 15 is 0 Å². The van der Waals surface area contributed by atoms with Crippen LogP contribution in [0.4, 0.5) is 0 Å². The Morgan fingerprint density at radius 2 is 1.96 bits per heavy atom. The van der Waals surface area contributed by atoms with Gasteiger partial charge in [-0.3, -0.25) is 0 Å². The molecular weight excluding hydrogens is 340 g/mol. The third-order valence-corrected chi connectivity index (χ3v) is 6.85. The highest BCUT2D eigenvalue weighted by atomic mass is 16.6. The number of aliphatic hydroxyl groups is 1. The van der Waals surface area contributed by atoms with E-state index in [0.717, 1.165) is 12.8 Å². The lowest BCUT2D eigenvalue weighted by atomic mass is 9.44. The largest absolute Gasteiger partial charge is 0.459 e. The number of esters is 1. The van der Waals surface area contributed by atoms with Crippen LogP contribution < -0.4 is 0 Å². The highest BCUT2D eigenvalue weighted by Gasteiger charge is 2.60. The number of benzene rings is 1. The molecule has 1 N–H and O–H groups in total. The zero-order valence-corrected chi connectivity index (χ0v) is 16.9. The van der Waals surface area contributed by atoms with Crippen molar-refractivity contribution < 1.29 is 19.4 Å². The van der Waals surface area contributed by atoms with Gasteiger partial charge in [-0.1, -0.05) is 50.1 Å². The van der Waals surface area contributed by atoms with Gasteiger partial charge in [-0.2, -0.15) is 0 Å². The summed E-state index contributed by atoms with van der Waals surface area (Å²) < 4.78 is 11.6. The van der Waals surface area contributed by atoms with Gasteiger partial charge in [0.25, 0.3) is 5.60 Å². The molecule has 27 heavy (non-hydrogen) atoms. The molecule has 6 atom stereocenters. The first-order valence-electron chi connectivity index (χ1n) is 9.71. The third-order valence-electron chi connectivity index (χ3n) is 6.85. The van der Waals surface area contributed by atoms with E-state index in [1.165, 1.54) is 7.11 Å². The molecule has 4 heteroatoms. The number of carbonyl (C=O) groups is 1. The molecule has 1 aromatic carbocycles. The van der Waals surface area contributed by atoms with E-state index in [1.807, 2.05) is 30.3 Å². The average molecular weight is 370 g/mol. The van der Waals surface area contributed by atoms with Gasteiger partial charge in [-0.25, -0.2) is 4.79 Å². The van der Waals surface area contributed by atoms with Crippen LogP contribution in [0.3, 0.4) is 0 Å². The third kappa shape index (κ3) is 3.17. The van der Waals surface area contributed by atoms with Crippen LogP contribution in [0, 0.1) is 35.0 Å². The molecule has 0 aliphatic heterocycles. The Hall–Kier alpha value is -1.83. The number of fused-ring (bicyclic) bond motifs is 2. The number of hydrogen-bond acceptors (Lipinski definition) is 4. The highest BCUT2D eigenvalue weighted by molar-refractivity contribution is 5.85. The van der Waals surface area contributed by atoms with Gasteiger partial charge in [-0.05, 0) is 43.9 Å². The average Bonchev–Trinajstić information content (AvgIpc) is 2.66. The summed E-state index contributed by atoms with van der Waals surface area (Å²) in [4.78, 5) is 13.3. The summed E-state index contributed by atoms with van der Waals surface area (Å²) in [5.74, 6) is 6.06. The van der Waals surface area contributed by atoms with Crippen molar-refractivity contribution in [2.24, 2.45) is 23.2 Å². The number of hydrogen-bond donors (Lipinski definition) is 1. The van der Waals surface area contributed by atoms with Crippen LogP contribution in [-0.4, -0.2) is 30.4 Å². The van der Waals surface area contributed by atoms with E-state index in [2.05, 4.69) is 25.7 Å². The zero-order valence-electron chi connectivity index (χ0n) is 16.9. The fraction of sp³-hybridized carbons (Fsp3) is 0.609. The normalized spacial score (nSPS) is 31.5. The molecule has 4 nitrogen and oxygen atoms in total. The maximum absolute atomic E-state index is 13.3. The Morgan fingerprint density at radius 3 is 2.48 bits per heavy atom. The minimum absolute atomic E-state index is 0.0612. The molecule has 3 saturated carbocycles. The van der Waals surface area contributed by atoms with Crippen molar-refractivity contribution in [3.63, 3.8) is 0 Å². The van der Waals surface area contributed by atoms with Crippen LogP contribution >= 0.6 is 0 Å². The van der Waals surface area contributed by atoms with E-state index in [9.17, 15) is 9.90 Å². The van der Waals surface area contributed by atoms with E-state index < -0.39 is 17.7 Å². The number of carbonyl (C=O) groups excluding carboxylic acids is 1. The van der Waals surface area contributed by atoms with Crippen molar-refractivity contribution in [1.29, 1.82) is 0 Å². The van der Waals surface area contributed by atoms with Crippen molar-refractivity contribution in [2.75, 3.05) is 7.11 Å². The molecule has 4 rings (SSSR count). The van der Waals surface area contributed by atoms with E-state index in [0.29, 0.717) is 17.4 Å². The van der Waals surface area contributed by atoms with Crippen molar-refractivity contribution >= 4 is 5.97 Å². The smallest absolute Gasteiger partial charge is 0.356 e. The second kappa shape index (κ2) is 7.30. The zero-order chi connectivity index (χ0) is 19.8. The lowest BCUT2D eigenvalue weighted by molar-refractivity contribution is -0.214. The summed E-state index contributed by atoms with van der Waals surface area (Å²) >= 11 is 0. The first-order valence-corrected chi connectivity index (χ1v) is 9.71. The first-order chi connectivity index (χ1) is 12.8. The van der Waals surface area contributed by atoms with Gasteiger partial charge >= 0.3 is 5.97 Å². The van der Waals surface area contributed by atoms with E-state index in [1.54, 1.807) is 13.8 Å².